The third kappa shape index (κ3) is 3.96. The molecule has 0 spiro atoms. The minimum Gasteiger partial charge on any atom is -0.481 e. The van der Waals surface area contributed by atoms with Crippen LogP contribution in [0.15, 0.2) is 24.3 Å². The van der Waals surface area contributed by atoms with Crippen LogP contribution in [0.1, 0.15) is 18.4 Å². The summed E-state index contributed by atoms with van der Waals surface area (Å²) < 4.78 is 13.0. The first-order valence-corrected chi connectivity index (χ1v) is 5.85. The van der Waals surface area contributed by atoms with E-state index < -0.39 is 5.97 Å². The van der Waals surface area contributed by atoms with Crippen molar-refractivity contribution in [2.24, 2.45) is 5.92 Å². The van der Waals surface area contributed by atoms with E-state index in [0.29, 0.717) is 13.1 Å². The molecule has 1 aliphatic rings. The van der Waals surface area contributed by atoms with Crippen molar-refractivity contribution in [1.29, 1.82) is 0 Å². The van der Waals surface area contributed by atoms with E-state index in [1.807, 2.05) is 6.07 Å². The van der Waals surface area contributed by atoms with Crippen LogP contribution in [0, 0.1) is 11.7 Å². The maximum atomic E-state index is 13.0. The molecule has 100 valence electrons. The lowest BCUT2D eigenvalue weighted by atomic mass is 9.98. The van der Waals surface area contributed by atoms with E-state index in [0.717, 1.165) is 24.9 Å². The highest BCUT2D eigenvalue weighted by Crippen LogP contribution is 2.18. The summed E-state index contributed by atoms with van der Waals surface area (Å²) in [7, 11) is 0. The predicted octanol–water partition coefficient (Wildman–Crippen LogP) is 2.54. The first-order chi connectivity index (χ1) is 8.15. The van der Waals surface area contributed by atoms with Gasteiger partial charge >= 0.3 is 5.97 Å². The molecule has 3 nitrogen and oxygen atoms in total. The summed E-state index contributed by atoms with van der Waals surface area (Å²) in [6.45, 7) is 2.08. The van der Waals surface area contributed by atoms with Gasteiger partial charge in [-0.2, -0.15) is 0 Å². The largest absolute Gasteiger partial charge is 0.481 e. The van der Waals surface area contributed by atoms with Gasteiger partial charge in [0.25, 0.3) is 0 Å². The van der Waals surface area contributed by atoms with Gasteiger partial charge in [0.05, 0.1) is 5.92 Å². The topological polar surface area (TPSA) is 40.5 Å². The number of piperidine rings is 1. The number of rotatable bonds is 3. The SMILES string of the molecule is Cl.O=C(O)C1CCCN(Cc2cccc(F)c2)C1. The lowest BCUT2D eigenvalue weighted by molar-refractivity contribution is -0.143. The van der Waals surface area contributed by atoms with E-state index in [1.165, 1.54) is 12.1 Å². The molecule has 2 rings (SSSR count). The highest BCUT2D eigenvalue weighted by molar-refractivity contribution is 5.85. The fourth-order valence-corrected chi connectivity index (χ4v) is 2.29. The van der Waals surface area contributed by atoms with E-state index in [1.54, 1.807) is 6.07 Å². The zero-order chi connectivity index (χ0) is 12.3. The molecule has 5 heteroatoms. The number of hydrogen-bond acceptors (Lipinski definition) is 2. The van der Waals surface area contributed by atoms with Crippen molar-refractivity contribution in [2.75, 3.05) is 13.1 Å². The molecular weight excluding hydrogens is 257 g/mol. The van der Waals surface area contributed by atoms with E-state index in [9.17, 15) is 9.18 Å². The first-order valence-electron chi connectivity index (χ1n) is 5.85. The fourth-order valence-electron chi connectivity index (χ4n) is 2.29. The second-order valence-corrected chi connectivity index (χ2v) is 4.54. The maximum Gasteiger partial charge on any atom is 0.307 e. The van der Waals surface area contributed by atoms with E-state index in [2.05, 4.69) is 4.90 Å². The summed E-state index contributed by atoms with van der Waals surface area (Å²) in [5.41, 5.74) is 0.899. The molecule has 1 aromatic carbocycles. The molecule has 1 N–H and O–H groups in total. The van der Waals surface area contributed by atoms with Crippen molar-refractivity contribution in [1.82, 2.24) is 4.90 Å². The van der Waals surface area contributed by atoms with Crippen LogP contribution in [0.3, 0.4) is 0 Å². The number of carbonyl (C=O) groups is 1. The van der Waals surface area contributed by atoms with Crippen molar-refractivity contribution in [3.8, 4) is 0 Å². The molecule has 1 saturated heterocycles. The summed E-state index contributed by atoms with van der Waals surface area (Å²) in [5, 5.41) is 8.98. The number of hydrogen-bond donors (Lipinski definition) is 1. The van der Waals surface area contributed by atoms with Crippen molar-refractivity contribution >= 4 is 18.4 Å². The van der Waals surface area contributed by atoms with Crippen LogP contribution in [-0.4, -0.2) is 29.1 Å². The Bertz CT molecular complexity index is 414. The summed E-state index contributed by atoms with van der Waals surface area (Å²) in [5.74, 6) is -1.25. The third-order valence-electron chi connectivity index (χ3n) is 3.15. The van der Waals surface area contributed by atoms with Crippen molar-refractivity contribution in [3.05, 3.63) is 35.6 Å². The minimum atomic E-state index is -0.728. The highest BCUT2D eigenvalue weighted by atomic mass is 35.5. The summed E-state index contributed by atoms with van der Waals surface area (Å²) in [6, 6.07) is 6.47. The maximum absolute atomic E-state index is 13.0. The third-order valence-corrected chi connectivity index (χ3v) is 3.15. The molecular formula is C13H17ClFNO2. The van der Waals surface area contributed by atoms with Gasteiger partial charge < -0.3 is 5.11 Å². The standard InChI is InChI=1S/C13H16FNO2.ClH/c14-12-5-1-3-10(7-12)8-15-6-2-4-11(9-15)13(16)17;/h1,3,5,7,11H,2,4,6,8-9H2,(H,16,17);1H. The molecule has 1 heterocycles. The second kappa shape index (κ2) is 6.71. The highest BCUT2D eigenvalue weighted by Gasteiger charge is 2.25. The van der Waals surface area contributed by atoms with Crippen LogP contribution in [-0.2, 0) is 11.3 Å². The second-order valence-electron chi connectivity index (χ2n) is 4.54. The zero-order valence-electron chi connectivity index (χ0n) is 10.0. The minimum absolute atomic E-state index is 0. The monoisotopic (exact) mass is 273 g/mol. The predicted molar refractivity (Wildman–Crippen MR) is 69.3 cm³/mol. The quantitative estimate of drug-likeness (QED) is 0.920. The molecule has 1 fully saturated rings. The molecule has 1 aliphatic heterocycles. The van der Waals surface area contributed by atoms with Crippen LogP contribution in [0.25, 0.3) is 0 Å². The average Bonchev–Trinajstić information content (AvgIpc) is 2.29. The summed E-state index contributed by atoms with van der Waals surface area (Å²) in [6.07, 6.45) is 1.64. The first kappa shape index (κ1) is 14.9. The van der Waals surface area contributed by atoms with Gasteiger partial charge in [0.15, 0.2) is 0 Å². The molecule has 1 atom stereocenters. The van der Waals surface area contributed by atoms with Gasteiger partial charge in [-0.05, 0) is 37.1 Å². The fraction of sp³-hybridized carbons (Fsp3) is 0.462. The Morgan fingerprint density at radius 2 is 2.28 bits per heavy atom. The van der Waals surface area contributed by atoms with Gasteiger partial charge in [-0.1, -0.05) is 12.1 Å². The van der Waals surface area contributed by atoms with Crippen LogP contribution in [0.2, 0.25) is 0 Å². The lowest BCUT2D eigenvalue weighted by Gasteiger charge is -2.30. The van der Waals surface area contributed by atoms with Gasteiger partial charge in [-0.15, -0.1) is 12.4 Å². The molecule has 0 radical (unpaired) electrons. The zero-order valence-corrected chi connectivity index (χ0v) is 10.8. The van der Waals surface area contributed by atoms with Gasteiger partial charge in [-0.3, -0.25) is 9.69 Å². The Balaban J connectivity index is 0.00000162. The smallest absolute Gasteiger partial charge is 0.307 e. The molecule has 18 heavy (non-hydrogen) atoms. The number of carboxylic acids is 1. The van der Waals surface area contributed by atoms with Gasteiger partial charge in [0.2, 0.25) is 0 Å². The number of likely N-dealkylation sites (tertiary alicyclic amines) is 1. The molecule has 0 aliphatic carbocycles. The lowest BCUT2D eigenvalue weighted by Crippen LogP contribution is -2.38. The Morgan fingerprint density at radius 1 is 1.50 bits per heavy atom. The van der Waals surface area contributed by atoms with Crippen molar-refractivity contribution < 1.29 is 14.3 Å². The molecule has 0 bridgehead atoms. The number of carboxylic acid groups (broad SMARTS) is 1. The van der Waals surface area contributed by atoms with E-state index in [-0.39, 0.29) is 24.1 Å². The Hall–Kier alpha value is -1.13. The van der Waals surface area contributed by atoms with E-state index >= 15 is 0 Å². The van der Waals surface area contributed by atoms with Crippen LogP contribution in [0.4, 0.5) is 4.39 Å². The average molecular weight is 274 g/mol. The Morgan fingerprint density at radius 3 is 2.94 bits per heavy atom. The number of benzene rings is 1. The molecule has 0 amide bonds. The number of halogens is 2. The van der Waals surface area contributed by atoms with E-state index in [4.69, 9.17) is 5.11 Å². The van der Waals surface area contributed by atoms with Crippen LogP contribution in [0.5, 0.6) is 0 Å². The number of aliphatic carboxylic acids is 1. The normalized spacial score (nSPS) is 20.2. The van der Waals surface area contributed by atoms with Crippen LogP contribution < -0.4 is 0 Å². The Labute approximate surface area is 112 Å². The Kier molecular flexibility index (Phi) is 5.56. The number of nitrogens with zero attached hydrogens (tertiary/aromatic N) is 1. The van der Waals surface area contributed by atoms with Gasteiger partial charge in [-0.25, -0.2) is 4.39 Å². The van der Waals surface area contributed by atoms with Gasteiger partial charge in [0, 0.05) is 13.1 Å². The van der Waals surface area contributed by atoms with Gasteiger partial charge in [0.1, 0.15) is 5.82 Å². The van der Waals surface area contributed by atoms with Crippen molar-refractivity contribution in [2.45, 2.75) is 19.4 Å². The molecule has 1 aromatic rings. The molecule has 0 saturated carbocycles. The van der Waals surface area contributed by atoms with Crippen LogP contribution >= 0.6 is 12.4 Å². The molecule has 0 aromatic heterocycles. The van der Waals surface area contributed by atoms with Crippen molar-refractivity contribution in [3.63, 3.8) is 0 Å². The molecule has 1 unspecified atom stereocenters. The summed E-state index contributed by atoms with van der Waals surface area (Å²) in [4.78, 5) is 13.0. The summed E-state index contributed by atoms with van der Waals surface area (Å²) >= 11 is 0.